The molecule has 1 aliphatic heterocycles. The molecule has 0 unspecified atom stereocenters. The third-order valence-electron chi connectivity index (χ3n) is 7.57. The monoisotopic (exact) mass is 506 g/mol. The molecule has 8 aromatic rings. The van der Waals surface area contributed by atoms with Crippen LogP contribution in [0.2, 0.25) is 0 Å². The quantitative estimate of drug-likeness (QED) is 0.228. The number of hydrogen-bond acceptors (Lipinski definition) is 1. The van der Waals surface area contributed by atoms with E-state index in [1.165, 1.54) is 4.57 Å². The molecule has 0 aliphatic carbocycles. The molecule has 0 N–H and O–H groups in total. The van der Waals surface area contributed by atoms with E-state index in [9.17, 15) is 0 Å². The predicted octanol–water partition coefficient (Wildman–Crippen LogP) is 9.65. The summed E-state index contributed by atoms with van der Waals surface area (Å²) >= 11 is 0. The van der Waals surface area contributed by atoms with Gasteiger partial charge in [-0.05, 0) is 59.6 Å². The maximum absolute atomic E-state index is 8.77. The van der Waals surface area contributed by atoms with Gasteiger partial charge in [-0.3, -0.25) is 0 Å². The zero-order valence-electron chi connectivity index (χ0n) is 28.4. The van der Waals surface area contributed by atoms with Crippen LogP contribution in [0.3, 0.4) is 0 Å². The molecule has 0 radical (unpaired) electrons. The predicted molar refractivity (Wildman–Crippen MR) is 161 cm³/mol. The van der Waals surface area contributed by atoms with Crippen molar-refractivity contribution in [1.29, 1.82) is 0 Å². The summed E-state index contributed by atoms with van der Waals surface area (Å²) in [6.45, 7) is 0. The Hall–Kier alpha value is -5.28. The molecule has 0 atom stereocenters. The van der Waals surface area contributed by atoms with Crippen molar-refractivity contribution < 1.29 is 15.7 Å². The maximum atomic E-state index is 8.77. The Kier molecular flexibility index (Phi) is 2.85. The van der Waals surface area contributed by atoms with Crippen molar-refractivity contribution in [2.24, 2.45) is 0 Å². The molecule has 0 spiro atoms. The Morgan fingerprint density at radius 2 is 1.21 bits per heavy atom. The van der Waals surface area contributed by atoms with Crippen molar-refractivity contribution in [2.75, 3.05) is 0 Å². The van der Waals surface area contributed by atoms with Gasteiger partial charge >= 0.3 is 0 Å². The van der Waals surface area contributed by atoms with Gasteiger partial charge in [0.15, 0.2) is 11.5 Å². The first-order chi connectivity index (χ1) is 22.7. The molecule has 2 aromatic heterocycles. The smallest absolute Gasteiger partial charge is 0.152 e. The van der Waals surface area contributed by atoms with E-state index in [1.54, 1.807) is 12.1 Å². The van der Waals surface area contributed by atoms with Crippen LogP contribution in [-0.2, 0) is 0 Å². The highest BCUT2D eigenvalue weighted by molar-refractivity contribution is 6.13. The fourth-order valence-electron chi connectivity index (χ4n) is 5.88. The van der Waals surface area contributed by atoms with Gasteiger partial charge in [-0.1, -0.05) is 84.8 Å². The average Bonchev–Trinajstić information content (AvgIpc) is 3.63. The van der Waals surface area contributed by atoms with E-state index in [2.05, 4.69) is 28.8 Å². The van der Waals surface area contributed by atoms with Crippen LogP contribution in [0.1, 0.15) is 11.0 Å². The lowest BCUT2D eigenvalue weighted by molar-refractivity contribution is 0.476. The van der Waals surface area contributed by atoms with Gasteiger partial charge in [-0.25, -0.2) is 0 Å². The van der Waals surface area contributed by atoms with E-state index in [-0.39, 0.29) is 46.0 Å². The molecule has 3 heterocycles. The van der Waals surface area contributed by atoms with Crippen LogP contribution in [0.4, 0.5) is 0 Å². The first kappa shape index (κ1) is 14.6. The molecule has 39 heavy (non-hydrogen) atoms. The standard InChI is InChI=1S/C36H22N2O/c1-3-11-30-26(8-1)27-9-2-4-12-31(27)37(30)25-19-16-23(17-20-25)24-18-21-28-29-10-7-15-35-36(29)38(33(28)22-24)32-13-5-6-14-34(32)39-35/h1-22H/i1D,2D,3D,4D,8D,9D,11D,12D. The molecule has 0 fully saturated rings. The normalized spacial score (nSPS) is 15.2. The summed E-state index contributed by atoms with van der Waals surface area (Å²) in [5.74, 6) is 1.58. The Bertz CT molecular complexity index is 2620. The third-order valence-corrected chi connectivity index (χ3v) is 7.57. The third kappa shape index (κ3) is 2.82. The largest absolute Gasteiger partial charge is 0.453 e. The van der Waals surface area contributed by atoms with Crippen LogP contribution in [0.5, 0.6) is 11.5 Å². The second-order valence-corrected chi connectivity index (χ2v) is 9.62. The molecule has 6 aromatic carbocycles. The first-order valence-electron chi connectivity index (χ1n) is 16.6. The molecular weight excluding hydrogens is 476 g/mol. The SMILES string of the molecule is [2H]c1c([2H])c([2H])c2c(c1[2H])c1c([2H])c([2H])c([2H])c([2H])c1n2-c1ccc(-c2ccc3c4cccc5c4n(c3c2)-c2ccccc2O5)cc1. The van der Waals surface area contributed by atoms with Crippen molar-refractivity contribution in [1.82, 2.24) is 9.13 Å². The molecule has 182 valence electrons. The molecule has 9 rings (SSSR count). The number of nitrogens with zero attached hydrogens (tertiary/aromatic N) is 2. The number of ether oxygens (including phenoxy) is 1. The van der Waals surface area contributed by atoms with Gasteiger partial charge in [0.05, 0.1) is 38.7 Å². The zero-order chi connectivity index (χ0) is 32.5. The molecule has 0 saturated carbocycles. The van der Waals surface area contributed by atoms with Gasteiger partial charge < -0.3 is 13.9 Å². The lowest BCUT2D eigenvalue weighted by Gasteiger charge is -2.20. The molecule has 3 nitrogen and oxygen atoms in total. The molecular formula is C36H22N2O. The highest BCUT2D eigenvalue weighted by Crippen LogP contribution is 2.45. The second kappa shape index (κ2) is 7.62. The van der Waals surface area contributed by atoms with E-state index >= 15 is 0 Å². The fourth-order valence-corrected chi connectivity index (χ4v) is 5.88. The Labute approximate surface area is 236 Å². The fraction of sp³-hybridized carbons (Fsp3) is 0. The summed E-state index contributed by atoms with van der Waals surface area (Å²) in [7, 11) is 0. The average molecular weight is 507 g/mol. The van der Waals surface area contributed by atoms with Gasteiger partial charge in [0.1, 0.15) is 0 Å². The molecule has 0 saturated heterocycles. The van der Waals surface area contributed by atoms with Crippen molar-refractivity contribution in [3.63, 3.8) is 0 Å². The summed E-state index contributed by atoms with van der Waals surface area (Å²) in [4.78, 5) is 0. The molecule has 0 bridgehead atoms. The minimum absolute atomic E-state index is 0.0606. The van der Waals surface area contributed by atoms with E-state index in [4.69, 9.17) is 15.7 Å². The van der Waals surface area contributed by atoms with Gasteiger partial charge in [0.2, 0.25) is 0 Å². The summed E-state index contributed by atoms with van der Waals surface area (Å²) in [6.07, 6.45) is 0. The topological polar surface area (TPSA) is 19.1 Å². The van der Waals surface area contributed by atoms with E-state index in [1.807, 2.05) is 48.5 Å². The van der Waals surface area contributed by atoms with Crippen LogP contribution >= 0.6 is 0 Å². The highest BCUT2D eigenvalue weighted by atomic mass is 16.5. The minimum Gasteiger partial charge on any atom is -0.453 e. The van der Waals surface area contributed by atoms with E-state index < -0.39 is 24.2 Å². The number of fused-ring (bicyclic) bond motifs is 8. The Balaban J connectivity index is 1.27. The van der Waals surface area contributed by atoms with Crippen LogP contribution in [0, 0.1) is 0 Å². The van der Waals surface area contributed by atoms with E-state index in [0.29, 0.717) is 5.69 Å². The Morgan fingerprint density at radius 1 is 0.513 bits per heavy atom. The minimum atomic E-state index is -0.460. The van der Waals surface area contributed by atoms with Crippen molar-refractivity contribution in [3.05, 3.63) is 133 Å². The van der Waals surface area contributed by atoms with Crippen molar-refractivity contribution in [3.8, 4) is 34.0 Å². The van der Waals surface area contributed by atoms with Gasteiger partial charge in [0.25, 0.3) is 0 Å². The maximum Gasteiger partial charge on any atom is 0.152 e. The summed E-state index contributed by atoms with van der Waals surface area (Å²) in [6, 6.07) is 24.6. The van der Waals surface area contributed by atoms with Crippen molar-refractivity contribution in [2.45, 2.75) is 0 Å². The number of para-hydroxylation sites is 5. The van der Waals surface area contributed by atoms with Gasteiger partial charge in [-0.15, -0.1) is 0 Å². The summed E-state index contributed by atoms with van der Waals surface area (Å²) < 4.78 is 78.1. The van der Waals surface area contributed by atoms with Gasteiger partial charge in [-0.2, -0.15) is 0 Å². The number of hydrogen-bond donors (Lipinski definition) is 0. The lowest BCUT2D eigenvalue weighted by Crippen LogP contribution is -2.03. The second-order valence-electron chi connectivity index (χ2n) is 9.62. The summed E-state index contributed by atoms with van der Waals surface area (Å²) in [5, 5.41) is 2.31. The zero-order valence-corrected chi connectivity index (χ0v) is 20.4. The first-order valence-corrected chi connectivity index (χ1v) is 12.6. The molecule has 0 amide bonds. The number of benzene rings is 6. The summed E-state index contributed by atoms with van der Waals surface area (Å²) in [5.41, 5.74) is 5.56. The van der Waals surface area contributed by atoms with Crippen LogP contribution in [0.15, 0.2) is 133 Å². The number of rotatable bonds is 2. The lowest BCUT2D eigenvalue weighted by atomic mass is 10.0. The highest BCUT2D eigenvalue weighted by Gasteiger charge is 2.23. The molecule has 1 aliphatic rings. The van der Waals surface area contributed by atoms with Crippen LogP contribution in [-0.4, -0.2) is 9.13 Å². The van der Waals surface area contributed by atoms with Crippen LogP contribution in [0.25, 0.3) is 66.1 Å². The Morgan fingerprint density at radius 3 is 2.00 bits per heavy atom. The van der Waals surface area contributed by atoms with E-state index in [0.717, 1.165) is 50.1 Å². The van der Waals surface area contributed by atoms with Gasteiger partial charge in [0, 0.05) is 27.2 Å². The van der Waals surface area contributed by atoms with Crippen molar-refractivity contribution >= 4 is 43.6 Å². The number of aromatic nitrogens is 2. The van der Waals surface area contributed by atoms with Crippen LogP contribution < -0.4 is 4.74 Å². The molecule has 3 heteroatoms.